The maximum Gasteiger partial charge on any atom is 0.351 e. The van der Waals surface area contributed by atoms with Gasteiger partial charge in [0.1, 0.15) is 0 Å². The Kier molecular flexibility index (Phi) is 5.06. The standard InChI is InChI=1S/C13H17BrO3S/c1-16-13(15)12-11(10(14)8-18-12)17-7-9-5-3-2-4-6-9/h8-9H,2-7H2,1H3. The Morgan fingerprint density at radius 1 is 1.44 bits per heavy atom. The van der Waals surface area contributed by atoms with Gasteiger partial charge in [0.25, 0.3) is 0 Å². The van der Waals surface area contributed by atoms with Crippen LogP contribution in [-0.2, 0) is 4.74 Å². The van der Waals surface area contributed by atoms with Crippen molar-refractivity contribution in [2.75, 3.05) is 13.7 Å². The van der Waals surface area contributed by atoms with Crippen LogP contribution in [0.5, 0.6) is 5.75 Å². The molecule has 1 aromatic rings. The molecule has 0 radical (unpaired) electrons. The summed E-state index contributed by atoms with van der Waals surface area (Å²) in [5, 5.41) is 1.86. The van der Waals surface area contributed by atoms with Crippen LogP contribution in [-0.4, -0.2) is 19.7 Å². The van der Waals surface area contributed by atoms with Gasteiger partial charge in [0.15, 0.2) is 10.6 Å². The van der Waals surface area contributed by atoms with Crippen molar-refractivity contribution in [3.8, 4) is 5.75 Å². The van der Waals surface area contributed by atoms with E-state index in [4.69, 9.17) is 9.47 Å². The lowest BCUT2D eigenvalue weighted by Gasteiger charge is -2.21. The summed E-state index contributed by atoms with van der Waals surface area (Å²) in [7, 11) is 1.39. The summed E-state index contributed by atoms with van der Waals surface area (Å²) in [6.07, 6.45) is 6.39. The highest BCUT2D eigenvalue weighted by atomic mass is 79.9. The highest BCUT2D eigenvalue weighted by Crippen LogP contribution is 2.36. The molecule has 0 unspecified atom stereocenters. The van der Waals surface area contributed by atoms with E-state index in [9.17, 15) is 4.79 Å². The average molecular weight is 333 g/mol. The smallest absolute Gasteiger partial charge is 0.351 e. The van der Waals surface area contributed by atoms with Crippen molar-refractivity contribution in [3.05, 3.63) is 14.7 Å². The molecule has 0 N–H and O–H groups in total. The van der Waals surface area contributed by atoms with E-state index in [-0.39, 0.29) is 5.97 Å². The number of methoxy groups -OCH3 is 1. The summed E-state index contributed by atoms with van der Waals surface area (Å²) in [4.78, 5) is 12.1. The van der Waals surface area contributed by atoms with Gasteiger partial charge in [-0.2, -0.15) is 0 Å². The molecule has 1 fully saturated rings. The number of hydrogen-bond donors (Lipinski definition) is 0. The van der Waals surface area contributed by atoms with Gasteiger partial charge in [-0.15, -0.1) is 11.3 Å². The SMILES string of the molecule is COC(=O)c1scc(Br)c1OCC1CCCCC1. The van der Waals surface area contributed by atoms with E-state index in [2.05, 4.69) is 15.9 Å². The molecule has 2 rings (SSSR count). The first-order valence-corrected chi connectivity index (χ1v) is 7.87. The summed E-state index contributed by atoms with van der Waals surface area (Å²) >= 11 is 4.77. The zero-order chi connectivity index (χ0) is 13.0. The fraction of sp³-hybridized carbons (Fsp3) is 0.615. The largest absolute Gasteiger partial charge is 0.490 e. The van der Waals surface area contributed by atoms with Gasteiger partial charge in [-0.3, -0.25) is 0 Å². The highest BCUT2D eigenvalue weighted by Gasteiger charge is 2.21. The van der Waals surface area contributed by atoms with Crippen LogP contribution < -0.4 is 4.74 Å². The third-order valence-electron chi connectivity index (χ3n) is 3.26. The fourth-order valence-corrected chi connectivity index (χ4v) is 3.76. The maximum atomic E-state index is 11.6. The molecule has 0 amide bonds. The van der Waals surface area contributed by atoms with Crippen LogP contribution in [0.2, 0.25) is 0 Å². The fourth-order valence-electron chi connectivity index (χ4n) is 2.25. The molecule has 3 nitrogen and oxygen atoms in total. The maximum absolute atomic E-state index is 11.6. The highest BCUT2D eigenvalue weighted by molar-refractivity contribution is 9.10. The Labute approximate surface area is 120 Å². The van der Waals surface area contributed by atoms with Crippen LogP contribution in [0.1, 0.15) is 41.8 Å². The molecule has 0 bridgehead atoms. The molecular formula is C13H17BrO3S. The van der Waals surface area contributed by atoms with Gasteiger partial charge in [-0.25, -0.2) is 4.79 Å². The molecule has 0 saturated heterocycles. The van der Waals surface area contributed by atoms with Crippen molar-refractivity contribution in [2.45, 2.75) is 32.1 Å². The topological polar surface area (TPSA) is 35.5 Å². The molecule has 1 aliphatic carbocycles. The zero-order valence-corrected chi connectivity index (χ0v) is 12.8. The molecule has 0 aliphatic heterocycles. The number of carbonyl (C=O) groups excluding carboxylic acids is 1. The summed E-state index contributed by atoms with van der Waals surface area (Å²) in [6.45, 7) is 0.694. The lowest BCUT2D eigenvalue weighted by Crippen LogP contribution is -2.16. The predicted octanol–water partition coefficient (Wildman–Crippen LogP) is 4.26. The molecule has 1 aliphatic rings. The minimum absolute atomic E-state index is 0.329. The second kappa shape index (κ2) is 6.57. The zero-order valence-electron chi connectivity index (χ0n) is 10.4. The number of esters is 1. The summed E-state index contributed by atoms with van der Waals surface area (Å²) in [6, 6.07) is 0. The number of thiophene rings is 1. The van der Waals surface area contributed by atoms with Crippen molar-refractivity contribution >= 4 is 33.2 Å². The minimum atomic E-state index is -0.329. The Bertz CT molecular complexity index is 410. The first-order chi connectivity index (χ1) is 8.72. The minimum Gasteiger partial charge on any atom is -0.490 e. The molecule has 0 spiro atoms. The van der Waals surface area contributed by atoms with Crippen molar-refractivity contribution < 1.29 is 14.3 Å². The van der Waals surface area contributed by atoms with E-state index in [1.165, 1.54) is 50.6 Å². The van der Waals surface area contributed by atoms with E-state index in [1.807, 2.05) is 5.38 Å². The Hall–Kier alpha value is -0.550. The number of hydrogen-bond acceptors (Lipinski definition) is 4. The first-order valence-electron chi connectivity index (χ1n) is 6.20. The van der Waals surface area contributed by atoms with Gasteiger partial charge in [0.2, 0.25) is 0 Å². The van der Waals surface area contributed by atoms with Gasteiger partial charge in [0, 0.05) is 5.38 Å². The Morgan fingerprint density at radius 2 is 2.17 bits per heavy atom. The molecule has 100 valence electrons. The van der Waals surface area contributed by atoms with E-state index in [1.54, 1.807) is 0 Å². The normalized spacial score (nSPS) is 16.6. The third kappa shape index (κ3) is 3.26. The Morgan fingerprint density at radius 3 is 2.83 bits per heavy atom. The Balaban J connectivity index is 1.99. The van der Waals surface area contributed by atoms with Crippen LogP contribution in [0, 0.1) is 5.92 Å². The predicted molar refractivity (Wildman–Crippen MR) is 75.4 cm³/mol. The molecule has 1 saturated carbocycles. The van der Waals surface area contributed by atoms with Gasteiger partial charge >= 0.3 is 5.97 Å². The summed E-state index contributed by atoms with van der Waals surface area (Å²) < 4.78 is 11.4. The molecule has 18 heavy (non-hydrogen) atoms. The third-order valence-corrected chi connectivity index (χ3v) is 5.10. The van der Waals surface area contributed by atoms with Crippen LogP contribution in [0.15, 0.2) is 9.85 Å². The molecule has 1 aromatic heterocycles. The number of halogens is 1. The van der Waals surface area contributed by atoms with Crippen LogP contribution in [0.3, 0.4) is 0 Å². The van der Waals surface area contributed by atoms with Gasteiger partial charge in [-0.05, 0) is 34.7 Å². The molecule has 0 atom stereocenters. The first kappa shape index (κ1) is 13.9. The van der Waals surface area contributed by atoms with Gasteiger partial charge < -0.3 is 9.47 Å². The van der Waals surface area contributed by atoms with Crippen molar-refractivity contribution in [3.63, 3.8) is 0 Å². The van der Waals surface area contributed by atoms with E-state index < -0.39 is 0 Å². The van der Waals surface area contributed by atoms with Gasteiger partial charge in [-0.1, -0.05) is 19.3 Å². The van der Waals surface area contributed by atoms with E-state index in [0.717, 1.165) is 4.47 Å². The van der Waals surface area contributed by atoms with Crippen molar-refractivity contribution in [1.29, 1.82) is 0 Å². The average Bonchev–Trinajstić information content (AvgIpc) is 2.78. The lowest BCUT2D eigenvalue weighted by atomic mass is 9.90. The molecular weight excluding hydrogens is 316 g/mol. The second-order valence-electron chi connectivity index (χ2n) is 4.55. The van der Waals surface area contributed by atoms with E-state index in [0.29, 0.717) is 23.2 Å². The lowest BCUT2D eigenvalue weighted by molar-refractivity contribution is 0.0600. The quantitative estimate of drug-likeness (QED) is 0.773. The monoisotopic (exact) mass is 332 g/mol. The van der Waals surface area contributed by atoms with Gasteiger partial charge in [0.05, 0.1) is 18.2 Å². The van der Waals surface area contributed by atoms with Crippen LogP contribution in [0.4, 0.5) is 0 Å². The molecule has 0 aromatic carbocycles. The number of rotatable bonds is 4. The molecule has 5 heteroatoms. The van der Waals surface area contributed by atoms with Crippen LogP contribution >= 0.6 is 27.3 Å². The summed E-state index contributed by atoms with van der Waals surface area (Å²) in [5.74, 6) is 0.929. The van der Waals surface area contributed by atoms with E-state index >= 15 is 0 Å². The number of ether oxygens (including phenoxy) is 2. The second-order valence-corrected chi connectivity index (χ2v) is 6.28. The van der Waals surface area contributed by atoms with Crippen LogP contribution in [0.25, 0.3) is 0 Å². The summed E-state index contributed by atoms with van der Waals surface area (Å²) in [5.41, 5.74) is 0. The number of carbonyl (C=O) groups is 1. The van der Waals surface area contributed by atoms with Crippen molar-refractivity contribution in [1.82, 2.24) is 0 Å². The van der Waals surface area contributed by atoms with Crippen molar-refractivity contribution in [2.24, 2.45) is 5.92 Å². The molecule has 1 heterocycles.